The molecule has 1 saturated carbocycles. The fourth-order valence-electron chi connectivity index (χ4n) is 3.27. The maximum atomic E-state index is 11.9. The van der Waals surface area contributed by atoms with Crippen molar-refractivity contribution in [1.82, 2.24) is 10.2 Å². The summed E-state index contributed by atoms with van der Waals surface area (Å²) in [5, 5.41) is 13.0. The molecule has 3 atom stereocenters. The Hall–Kier alpha value is -1.43. The van der Waals surface area contributed by atoms with Crippen molar-refractivity contribution < 1.29 is 14.6 Å². The first-order chi connectivity index (χ1) is 11.2. The van der Waals surface area contributed by atoms with Gasteiger partial charge in [0.1, 0.15) is 0 Å². The lowest BCUT2D eigenvalue weighted by atomic mass is 10.00. The lowest BCUT2D eigenvalue weighted by Gasteiger charge is -2.30. The van der Waals surface area contributed by atoms with Crippen LogP contribution in [0.2, 0.25) is 0 Å². The van der Waals surface area contributed by atoms with Gasteiger partial charge in [-0.15, -0.1) is 0 Å². The van der Waals surface area contributed by atoms with Crippen LogP contribution in [0.5, 0.6) is 0 Å². The number of carbonyl (C=O) groups is 1. The Labute approximate surface area is 137 Å². The Morgan fingerprint density at radius 2 is 2.22 bits per heavy atom. The zero-order valence-corrected chi connectivity index (χ0v) is 13.7. The zero-order valence-electron chi connectivity index (χ0n) is 13.7. The van der Waals surface area contributed by atoms with Gasteiger partial charge in [-0.05, 0) is 30.9 Å². The monoisotopic (exact) mass is 318 g/mol. The highest BCUT2D eigenvalue weighted by atomic mass is 16.5. The molecule has 0 bridgehead atoms. The van der Waals surface area contributed by atoms with Crippen LogP contribution >= 0.6 is 0 Å². The Morgan fingerprint density at radius 1 is 1.43 bits per heavy atom. The molecule has 1 heterocycles. The lowest BCUT2D eigenvalue weighted by Crippen LogP contribution is -2.42. The summed E-state index contributed by atoms with van der Waals surface area (Å²) in [6.07, 6.45) is 1.37. The van der Waals surface area contributed by atoms with Crippen LogP contribution < -0.4 is 5.32 Å². The first kappa shape index (κ1) is 16.4. The second-order valence-corrected chi connectivity index (χ2v) is 6.49. The molecule has 2 aliphatic rings. The van der Waals surface area contributed by atoms with Crippen LogP contribution in [0, 0.1) is 5.92 Å². The molecule has 2 N–H and O–H groups in total. The number of hydrogen-bond acceptors (Lipinski definition) is 4. The smallest absolute Gasteiger partial charge is 0.225 e. The van der Waals surface area contributed by atoms with E-state index in [0.717, 1.165) is 25.9 Å². The number of carbonyl (C=O) groups excluding carboxylic acids is 1. The average molecular weight is 318 g/mol. The highest BCUT2D eigenvalue weighted by Gasteiger charge is 2.43. The SMILES string of the molecule is CCOC1CC1C(=O)NCC(O)CN1CCc2ccccc2C1. The van der Waals surface area contributed by atoms with E-state index in [1.165, 1.54) is 11.1 Å². The van der Waals surface area contributed by atoms with Crippen molar-refractivity contribution in [3.05, 3.63) is 35.4 Å². The molecule has 0 saturated heterocycles. The number of nitrogens with one attached hydrogen (secondary N) is 1. The van der Waals surface area contributed by atoms with Gasteiger partial charge >= 0.3 is 0 Å². The number of ether oxygens (including phenoxy) is 1. The number of amides is 1. The maximum absolute atomic E-state index is 11.9. The van der Waals surface area contributed by atoms with Gasteiger partial charge in [-0.3, -0.25) is 9.69 Å². The minimum atomic E-state index is -0.534. The Kier molecular flexibility index (Phi) is 5.30. The van der Waals surface area contributed by atoms with Crippen LogP contribution in [-0.2, 0) is 22.5 Å². The molecule has 0 radical (unpaired) electrons. The number of aliphatic hydroxyl groups excluding tert-OH is 1. The molecular formula is C18H26N2O3. The van der Waals surface area contributed by atoms with E-state index in [0.29, 0.717) is 19.7 Å². The van der Waals surface area contributed by atoms with Crippen molar-refractivity contribution >= 4 is 5.91 Å². The summed E-state index contributed by atoms with van der Waals surface area (Å²) >= 11 is 0. The summed E-state index contributed by atoms with van der Waals surface area (Å²) in [5.41, 5.74) is 2.75. The molecule has 5 nitrogen and oxygen atoms in total. The van der Waals surface area contributed by atoms with Crippen LogP contribution in [0.1, 0.15) is 24.5 Å². The summed E-state index contributed by atoms with van der Waals surface area (Å²) in [4.78, 5) is 14.2. The van der Waals surface area contributed by atoms with Crippen molar-refractivity contribution in [3.63, 3.8) is 0 Å². The summed E-state index contributed by atoms with van der Waals surface area (Å²) in [7, 11) is 0. The maximum Gasteiger partial charge on any atom is 0.225 e. The second kappa shape index (κ2) is 7.43. The summed E-state index contributed by atoms with van der Waals surface area (Å²) in [5.74, 6) is -0.0181. The van der Waals surface area contributed by atoms with E-state index in [4.69, 9.17) is 4.74 Å². The van der Waals surface area contributed by atoms with Crippen LogP contribution in [0.15, 0.2) is 24.3 Å². The number of benzene rings is 1. The third-order valence-electron chi connectivity index (χ3n) is 4.64. The molecule has 0 aromatic heterocycles. The Morgan fingerprint density at radius 3 is 3.00 bits per heavy atom. The van der Waals surface area contributed by atoms with E-state index >= 15 is 0 Å². The van der Waals surface area contributed by atoms with E-state index in [1.807, 2.05) is 6.92 Å². The van der Waals surface area contributed by atoms with Gasteiger partial charge in [-0.2, -0.15) is 0 Å². The number of fused-ring (bicyclic) bond motifs is 1. The van der Waals surface area contributed by atoms with Gasteiger partial charge in [0.25, 0.3) is 0 Å². The van der Waals surface area contributed by atoms with Crippen LogP contribution in [-0.4, -0.2) is 54.4 Å². The molecule has 1 amide bonds. The van der Waals surface area contributed by atoms with Gasteiger partial charge in [0.2, 0.25) is 5.91 Å². The number of nitrogens with zero attached hydrogens (tertiary/aromatic N) is 1. The fourth-order valence-corrected chi connectivity index (χ4v) is 3.27. The molecule has 126 valence electrons. The van der Waals surface area contributed by atoms with E-state index in [1.54, 1.807) is 0 Å². The van der Waals surface area contributed by atoms with Gasteiger partial charge in [0.05, 0.1) is 18.1 Å². The van der Waals surface area contributed by atoms with E-state index in [9.17, 15) is 9.90 Å². The topological polar surface area (TPSA) is 61.8 Å². The predicted molar refractivity (Wildman–Crippen MR) is 88.0 cm³/mol. The van der Waals surface area contributed by atoms with E-state index in [-0.39, 0.29) is 17.9 Å². The first-order valence-corrected chi connectivity index (χ1v) is 8.54. The predicted octanol–water partition coefficient (Wildman–Crippen LogP) is 0.947. The fraction of sp³-hybridized carbons (Fsp3) is 0.611. The highest BCUT2D eigenvalue weighted by Crippen LogP contribution is 2.33. The molecule has 1 aromatic rings. The molecule has 3 unspecified atom stereocenters. The molecule has 1 aliphatic carbocycles. The Balaban J connectivity index is 1.39. The van der Waals surface area contributed by atoms with Crippen molar-refractivity contribution in [2.24, 2.45) is 5.92 Å². The molecule has 1 aromatic carbocycles. The number of β-amino-alcohol motifs (C(OH)–C–C–N with tert-alkyl or cyclic N) is 1. The molecule has 5 heteroatoms. The van der Waals surface area contributed by atoms with Gasteiger partial charge in [0.15, 0.2) is 0 Å². The summed E-state index contributed by atoms with van der Waals surface area (Å²) in [6, 6.07) is 8.46. The zero-order chi connectivity index (χ0) is 16.2. The quantitative estimate of drug-likeness (QED) is 0.786. The molecular weight excluding hydrogens is 292 g/mol. The van der Waals surface area contributed by atoms with Crippen molar-refractivity contribution in [1.29, 1.82) is 0 Å². The highest BCUT2D eigenvalue weighted by molar-refractivity contribution is 5.82. The molecule has 1 fully saturated rings. The van der Waals surface area contributed by atoms with E-state index < -0.39 is 6.10 Å². The molecule has 1 aliphatic heterocycles. The van der Waals surface area contributed by atoms with E-state index in [2.05, 4.69) is 34.5 Å². The number of aliphatic hydroxyl groups is 1. The van der Waals surface area contributed by atoms with Gasteiger partial charge < -0.3 is 15.2 Å². The number of hydrogen-bond donors (Lipinski definition) is 2. The largest absolute Gasteiger partial charge is 0.390 e. The van der Waals surface area contributed by atoms with Crippen molar-refractivity contribution in [2.75, 3.05) is 26.2 Å². The standard InChI is InChI=1S/C18H26N2O3/c1-2-23-17-9-16(17)18(22)19-10-15(21)12-20-8-7-13-5-3-4-6-14(13)11-20/h3-6,15-17,21H,2,7-12H2,1H3,(H,19,22). The summed E-state index contributed by atoms with van der Waals surface area (Å²) in [6.45, 7) is 5.31. The lowest BCUT2D eigenvalue weighted by molar-refractivity contribution is -0.123. The van der Waals surface area contributed by atoms with Gasteiger partial charge in [-0.1, -0.05) is 24.3 Å². The van der Waals surface area contributed by atoms with Crippen LogP contribution in [0.25, 0.3) is 0 Å². The molecule has 3 rings (SSSR count). The average Bonchev–Trinajstić information content (AvgIpc) is 3.32. The van der Waals surface area contributed by atoms with Crippen molar-refractivity contribution in [3.8, 4) is 0 Å². The van der Waals surface area contributed by atoms with Crippen LogP contribution in [0.3, 0.4) is 0 Å². The number of rotatable bonds is 7. The minimum absolute atomic E-state index is 0.00601. The first-order valence-electron chi connectivity index (χ1n) is 8.54. The van der Waals surface area contributed by atoms with Gasteiger partial charge in [-0.25, -0.2) is 0 Å². The minimum Gasteiger partial charge on any atom is -0.390 e. The Bertz CT molecular complexity index is 549. The third-order valence-corrected chi connectivity index (χ3v) is 4.64. The third kappa shape index (κ3) is 4.31. The normalized spacial score (nSPS) is 24.8. The molecule has 0 spiro atoms. The molecule has 23 heavy (non-hydrogen) atoms. The van der Waals surface area contributed by atoms with Crippen LogP contribution in [0.4, 0.5) is 0 Å². The van der Waals surface area contributed by atoms with Crippen molar-refractivity contribution in [2.45, 2.75) is 38.5 Å². The second-order valence-electron chi connectivity index (χ2n) is 6.49. The summed E-state index contributed by atoms with van der Waals surface area (Å²) < 4.78 is 5.42. The van der Waals surface area contributed by atoms with Gasteiger partial charge in [0, 0.05) is 32.8 Å².